The molecule has 3 aromatic rings. The minimum absolute atomic E-state index is 0.192. The van der Waals surface area contributed by atoms with Gasteiger partial charge in [-0.15, -0.1) is 0 Å². The molecule has 1 fully saturated rings. The number of carbonyl (C=O) groups is 4. The highest BCUT2D eigenvalue weighted by molar-refractivity contribution is 9.11. The third-order valence-electron chi connectivity index (χ3n) is 5.87. The van der Waals surface area contributed by atoms with Crippen LogP contribution in [-0.4, -0.2) is 39.6 Å². The van der Waals surface area contributed by atoms with Crippen molar-refractivity contribution in [1.29, 1.82) is 0 Å². The van der Waals surface area contributed by atoms with E-state index in [0.29, 0.717) is 25.9 Å². The van der Waals surface area contributed by atoms with E-state index < -0.39 is 23.0 Å². The third kappa shape index (κ3) is 6.97. The molecular weight excluding hydrogens is 652 g/mol. The Balaban J connectivity index is 1.42. The summed E-state index contributed by atoms with van der Waals surface area (Å²) in [7, 11) is 0. The Labute approximate surface area is 245 Å². The SMILES string of the molecule is Cc1ccc(NC(=O)CN2C(=O)S/C(=C/c3cc(Br)c(OCc4ccc(C(=O)O)cc4)c(Br)c3)C2=O)cc1C. The molecule has 3 amide bonds. The largest absolute Gasteiger partial charge is 0.487 e. The predicted molar refractivity (Wildman–Crippen MR) is 157 cm³/mol. The Hall–Kier alpha value is -3.41. The molecular formula is C28H22Br2N2O6S. The maximum absolute atomic E-state index is 12.9. The lowest BCUT2D eigenvalue weighted by Gasteiger charge is -2.13. The fraction of sp³-hybridized carbons (Fsp3) is 0.143. The van der Waals surface area contributed by atoms with Gasteiger partial charge in [-0.25, -0.2) is 4.79 Å². The molecule has 0 bridgehead atoms. The summed E-state index contributed by atoms with van der Waals surface area (Å²) in [5, 5.41) is 11.2. The molecule has 1 aliphatic rings. The number of rotatable bonds is 8. The second-order valence-corrected chi connectivity index (χ2v) is 11.4. The van der Waals surface area contributed by atoms with E-state index in [1.54, 1.807) is 36.4 Å². The number of halogens is 2. The number of hydrogen-bond acceptors (Lipinski definition) is 6. The fourth-order valence-corrected chi connectivity index (χ4v) is 5.94. The second kappa shape index (κ2) is 12.2. The maximum atomic E-state index is 12.9. The number of hydrogen-bond donors (Lipinski definition) is 2. The number of aryl methyl sites for hydroxylation is 2. The van der Waals surface area contributed by atoms with E-state index in [2.05, 4.69) is 37.2 Å². The summed E-state index contributed by atoms with van der Waals surface area (Å²) in [5.74, 6) is -1.49. The molecule has 1 saturated heterocycles. The summed E-state index contributed by atoms with van der Waals surface area (Å²) < 4.78 is 7.12. The molecule has 3 aromatic carbocycles. The van der Waals surface area contributed by atoms with Gasteiger partial charge in [0.1, 0.15) is 18.9 Å². The Morgan fingerprint density at radius 3 is 2.28 bits per heavy atom. The van der Waals surface area contributed by atoms with Gasteiger partial charge in [0.15, 0.2) is 0 Å². The minimum Gasteiger partial charge on any atom is -0.487 e. The Kier molecular flexibility index (Phi) is 8.94. The number of ether oxygens (including phenoxy) is 1. The Morgan fingerprint density at radius 2 is 1.67 bits per heavy atom. The fourth-order valence-electron chi connectivity index (χ4n) is 3.65. The van der Waals surface area contributed by atoms with E-state index in [1.165, 1.54) is 12.1 Å². The van der Waals surface area contributed by atoms with Gasteiger partial charge in [-0.3, -0.25) is 19.3 Å². The van der Waals surface area contributed by atoms with E-state index in [4.69, 9.17) is 9.84 Å². The summed E-state index contributed by atoms with van der Waals surface area (Å²) in [4.78, 5) is 50.1. The van der Waals surface area contributed by atoms with Crippen LogP contribution in [0.5, 0.6) is 5.75 Å². The zero-order chi connectivity index (χ0) is 28.3. The van der Waals surface area contributed by atoms with Crippen molar-refractivity contribution in [2.24, 2.45) is 0 Å². The lowest BCUT2D eigenvalue weighted by molar-refractivity contribution is -0.127. The number of nitrogens with zero attached hydrogens (tertiary/aromatic N) is 1. The first-order valence-electron chi connectivity index (χ1n) is 11.6. The molecule has 39 heavy (non-hydrogen) atoms. The summed E-state index contributed by atoms with van der Waals surface area (Å²) in [6, 6.07) is 15.4. The van der Waals surface area contributed by atoms with Crippen LogP contribution in [0.1, 0.15) is 32.6 Å². The topological polar surface area (TPSA) is 113 Å². The zero-order valence-electron chi connectivity index (χ0n) is 20.8. The number of carboxylic acids is 1. The van der Waals surface area contributed by atoms with Crippen LogP contribution in [0.4, 0.5) is 10.5 Å². The maximum Gasteiger partial charge on any atom is 0.335 e. The van der Waals surface area contributed by atoms with Crippen molar-refractivity contribution in [2.45, 2.75) is 20.5 Å². The van der Waals surface area contributed by atoms with E-state index in [9.17, 15) is 19.2 Å². The molecule has 8 nitrogen and oxygen atoms in total. The third-order valence-corrected chi connectivity index (χ3v) is 7.95. The van der Waals surface area contributed by atoms with Crippen LogP contribution in [0.25, 0.3) is 6.08 Å². The number of thioether (sulfide) groups is 1. The van der Waals surface area contributed by atoms with Crippen LogP contribution in [0.15, 0.2) is 68.4 Å². The second-order valence-electron chi connectivity index (χ2n) is 8.72. The molecule has 200 valence electrons. The average Bonchev–Trinajstić information content (AvgIpc) is 3.13. The molecule has 1 aliphatic heterocycles. The molecule has 11 heteroatoms. The van der Waals surface area contributed by atoms with Gasteiger partial charge in [0, 0.05) is 5.69 Å². The summed E-state index contributed by atoms with van der Waals surface area (Å²) in [5.41, 5.74) is 4.33. The van der Waals surface area contributed by atoms with Gasteiger partial charge in [-0.2, -0.15) is 0 Å². The molecule has 0 aliphatic carbocycles. The molecule has 0 spiro atoms. The zero-order valence-corrected chi connectivity index (χ0v) is 24.8. The van der Waals surface area contributed by atoms with Gasteiger partial charge in [-0.1, -0.05) is 18.2 Å². The molecule has 0 radical (unpaired) electrons. The average molecular weight is 674 g/mol. The summed E-state index contributed by atoms with van der Waals surface area (Å²) in [6.07, 6.45) is 1.58. The van der Waals surface area contributed by atoms with Crippen molar-refractivity contribution < 1.29 is 29.0 Å². The van der Waals surface area contributed by atoms with Crippen molar-refractivity contribution in [3.8, 4) is 5.75 Å². The normalized spacial score (nSPS) is 14.2. The van der Waals surface area contributed by atoms with Gasteiger partial charge in [0.25, 0.3) is 11.1 Å². The first kappa shape index (κ1) is 28.6. The molecule has 0 saturated carbocycles. The van der Waals surface area contributed by atoms with Crippen LogP contribution in [0.3, 0.4) is 0 Å². The van der Waals surface area contributed by atoms with Gasteiger partial charge in [-0.05, 0) is 122 Å². The molecule has 0 unspecified atom stereocenters. The van der Waals surface area contributed by atoms with Crippen molar-refractivity contribution in [3.63, 3.8) is 0 Å². The number of carboxylic acid groups (broad SMARTS) is 1. The molecule has 0 aromatic heterocycles. The van der Waals surface area contributed by atoms with Gasteiger partial charge < -0.3 is 15.2 Å². The number of imide groups is 1. The van der Waals surface area contributed by atoms with Crippen LogP contribution in [0, 0.1) is 13.8 Å². The molecule has 0 atom stereocenters. The molecule has 1 heterocycles. The standard InChI is InChI=1S/C28H22Br2N2O6S/c1-15-3-8-20(9-16(15)2)31-24(33)13-32-26(34)23(39-28(32)37)12-18-10-21(29)25(22(30)11-18)38-14-17-4-6-19(7-5-17)27(35)36/h3-12H,13-14H2,1-2H3,(H,31,33)(H,35,36)/b23-12+. The van der Waals surface area contributed by atoms with Crippen LogP contribution in [0.2, 0.25) is 0 Å². The summed E-state index contributed by atoms with van der Waals surface area (Å²) in [6.45, 7) is 3.72. The van der Waals surface area contributed by atoms with E-state index >= 15 is 0 Å². The Morgan fingerprint density at radius 1 is 1.00 bits per heavy atom. The van der Waals surface area contributed by atoms with Gasteiger partial charge in [0.2, 0.25) is 5.91 Å². The summed E-state index contributed by atoms with van der Waals surface area (Å²) >= 11 is 7.73. The van der Waals surface area contributed by atoms with Crippen molar-refractivity contribution in [3.05, 3.63) is 96.3 Å². The van der Waals surface area contributed by atoms with Crippen LogP contribution < -0.4 is 10.1 Å². The first-order valence-corrected chi connectivity index (χ1v) is 14.0. The molecule has 2 N–H and O–H groups in total. The van der Waals surface area contributed by atoms with Crippen molar-refractivity contribution >= 4 is 78.4 Å². The minimum atomic E-state index is -0.998. The Bertz CT molecular complexity index is 1500. The van der Waals surface area contributed by atoms with Crippen molar-refractivity contribution in [2.75, 3.05) is 11.9 Å². The number of anilines is 1. The smallest absolute Gasteiger partial charge is 0.335 e. The number of aromatic carboxylic acids is 1. The number of carbonyl (C=O) groups excluding carboxylic acids is 3. The first-order chi connectivity index (χ1) is 18.5. The number of nitrogens with one attached hydrogen (secondary N) is 1. The lowest BCUT2D eigenvalue weighted by Crippen LogP contribution is -2.36. The van der Waals surface area contributed by atoms with E-state index in [1.807, 2.05) is 26.0 Å². The lowest BCUT2D eigenvalue weighted by atomic mass is 10.1. The van der Waals surface area contributed by atoms with Gasteiger partial charge in [0.05, 0.1) is 19.4 Å². The van der Waals surface area contributed by atoms with Gasteiger partial charge >= 0.3 is 5.97 Å². The molecule has 4 rings (SSSR count). The van der Waals surface area contributed by atoms with Crippen LogP contribution in [-0.2, 0) is 16.2 Å². The van der Waals surface area contributed by atoms with Crippen LogP contribution >= 0.6 is 43.6 Å². The highest BCUT2D eigenvalue weighted by atomic mass is 79.9. The monoisotopic (exact) mass is 672 g/mol. The number of amides is 3. The van der Waals surface area contributed by atoms with E-state index in [-0.39, 0.29) is 23.6 Å². The van der Waals surface area contributed by atoms with Crippen molar-refractivity contribution in [1.82, 2.24) is 4.90 Å². The van der Waals surface area contributed by atoms with E-state index in [0.717, 1.165) is 33.4 Å². The highest BCUT2D eigenvalue weighted by Gasteiger charge is 2.36. The quantitative estimate of drug-likeness (QED) is 0.254. The highest BCUT2D eigenvalue weighted by Crippen LogP contribution is 2.38. The number of benzene rings is 3. The predicted octanol–water partition coefficient (Wildman–Crippen LogP) is 6.78.